The highest BCUT2D eigenvalue weighted by Crippen LogP contribution is 2.21. The van der Waals surface area contributed by atoms with Gasteiger partial charge in [-0.25, -0.2) is 0 Å². The minimum absolute atomic E-state index is 0.0798. The normalized spacial score (nSPS) is 11.9. The molecule has 1 N–H and O–H groups in total. The second-order valence-corrected chi connectivity index (χ2v) is 3.51. The van der Waals surface area contributed by atoms with E-state index in [1.54, 1.807) is 24.3 Å². The van der Waals surface area contributed by atoms with Gasteiger partial charge in [0.05, 0.1) is 0 Å². The topological polar surface area (TPSA) is 58.5 Å². The summed E-state index contributed by atoms with van der Waals surface area (Å²) in [6.07, 6.45) is 0. The first kappa shape index (κ1) is 11.7. The number of alkyl halides is 1. The molecular formula is C10H11ClN2O2. The highest BCUT2D eigenvalue weighted by Gasteiger charge is 2.06. The zero-order valence-corrected chi connectivity index (χ0v) is 8.99. The standard InChI is InChI=1S/C10H11ClN2O2/c1-7(14)12-6-8-2-4-9(5-3-8)10(11)13-15/h2-5,10H,6H2,1H3,(H,12,14). The molecule has 1 atom stereocenters. The van der Waals surface area contributed by atoms with Gasteiger partial charge in [0, 0.05) is 13.5 Å². The van der Waals surface area contributed by atoms with Gasteiger partial charge < -0.3 is 5.32 Å². The Bertz CT molecular complexity index is 351. The molecule has 5 heteroatoms. The van der Waals surface area contributed by atoms with Gasteiger partial charge in [0.1, 0.15) is 0 Å². The molecule has 0 saturated carbocycles. The van der Waals surface area contributed by atoms with Crippen molar-refractivity contribution in [2.75, 3.05) is 0 Å². The number of nitrogens with zero attached hydrogens (tertiary/aromatic N) is 1. The molecule has 0 spiro atoms. The third-order valence-electron chi connectivity index (χ3n) is 1.89. The molecule has 0 aliphatic rings. The van der Waals surface area contributed by atoms with Crippen LogP contribution in [0.2, 0.25) is 0 Å². The number of carbonyl (C=O) groups excluding carboxylic acids is 1. The first-order chi connectivity index (χ1) is 7.13. The van der Waals surface area contributed by atoms with Crippen LogP contribution in [0.25, 0.3) is 0 Å². The number of nitrogens with one attached hydrogen (secondary N) is 1. The van der Waals surface area contributed by atoms with E-state index in [9.17, 15) is 9.70 Å². The molecule has 15 heavy (non-hydrogen) atoms. The molecule has 4 nitrogen and oxygen atoms in total. The fourth-order valence-corrected chi connectivity index (χ4v) is 1.23. The number of hydrogen-bond acceptors (Lipinski definition) is 3. The van der Waals surface area contributed by atoms with Crippen LogP contribution >= 0.6 is 11.6 Å². The molecule has 0 heterocycles. The van der Waals surface area contributed by atoms with Crippen LogP contribution < -0.4 is 5.32 Å². The van der Waals surface area contributed by atoms with Crippen LogP contribution in [0, 0.1) is 4.91 Å². The number of nitroso groups, excluding NO2 is 1. The number of carbonyl (C=O) groups is 1. The predicted octanol–water partition coefficient (Wildman–Crippen LogP) is 2.33. The van der Waals surface area contributed by atoms with Gasteiger partial charge in [-0.1, -0.05) is 35.9 Å². The number of benzene rings is 1. The van der Waals surface area contributed by atoms with Crippen molar-refractivity contribution < 1.29 is 4.79 Å². The van der Waals surface area contributed by atoms with Crippen LogP contribution in [0.4, 0.5) is 0 Å². The van der Waals surface area contributed by atoms with E-state index >= 15 is 0 Å². The molecule has 0 aliphatic carbocycles. The smallest absolute Gasteiger partial charge is 0.217 e. The summed E-state index contributed by atoms with van der Waals surface area (Å²) in [5.41, 5.74) is 0.752. The lowest BCUT2D eigenvalue weighted by atomic mass is 10.1. The molecule has 1 unspecified atom stereocenters. The maximum atomic E-state index is 10.7. The quantitative estimate of drug-likeness (QED) is 0.487. The largest absolute Gasteiger partial charge is 0.352 e. The highest BCUT2D eigenvalue weighted by molar-refractivity contribution is 6.20. The summed E-state index contributed by atoms with van der Waals surface area (Å²) in [4.78, 5) is 20.8. The van der Waals surface area contributed by atoms with Gasteiger partial charge in [-0.05, 0) is 16.3 Å². The Balaban J connectivity index is 2.63. The summed E-state index contributed by atoms with van der Waals surface area (Å²) in [6, 6.07) is 7.03. The summed E-state index contributed by atoms with van der Waals surface area (Å²) in [5.74, 6) is -0.0798. The van der Waals surface area contributed by atoms with E-state index in [4.69, 9.17) is 11.6 Å². The number of rotatable bonds is 4. The van der Waals surface area contributed by atoms with Crippen LogP contribution in [0.3, 0.4) is 0 Å². The monoisotopic (exact) mass is 226 g/mol. The maximum absolute atomic E-state index is 10.7. The molecule has 1 rings (SSSR count). The molecular weight excluding hydrogens is 216 g/mol. The summed E-state index contributed by atoms with van der Waals surface area (Å²) < 4.78 is 0. The van der Waals surface area contributed by atoms with E-state index in [0.717, 1.165) is 5.56 Å². The van der Waals surface area contributed by atoms with Gasteiger partial charge in [-0.3, -0.25) is 4.79 Å². The van der Waals surface area contributed by atoms with Crippen molar-refractivity contribution >= 4 is 17.5 Å². The second kappa shape index (κ2) is 5.46. The number of amides is 1. The minimum atomic E-state index is -0.847. The molecule has 1 aromatic carbocycles. The van der Waals surface area contributed by atoms with Gasteiger partial charge in [-0.15, -0.1) is 4.91 Å². The Labute approximate surface area is 92.6 Å². The number of hydrogen-bond donors (Lipinski definition) is 1. The fourth-order valence-electron chi connectivity index (χ4n) is 1.08. The molecule has 1 aromatic rings. The molecule has 0 radical (unpaired) electrons. The molecule has 0 aliphatic heterocycles. The lowest BCUT2D eigenvalue weighted by molar-refractivity contribution is -0.119. The van der Waals surface area contributed by atoms with Crippen LogP contribution in [-0.4, -0.2) is 5.91 Å². The zero-order chi connectivity index (χ0) is 11.3. The molecule has 0 bridgehead atoms. The molecule has 1 amide bonds. The highest BCUT2D eigenvalue weighted by atomic mass is 35.5. The van der Waals surface area contributed by atoms with E-state index < -0.39 is 5.50 Å². The van der Waals surface area contributed by atoms with Gasteiger partial charge in [0.25, 0.3) is 0 Å². The van der Waals surface area contributed by atoms with E-state index in [-0.39, 0.29) is 5.91 Å². The van der Waals surface area contributed by atoms with E-state index in [1.807, 2.05) is 0 Å². The average Bonchev–Trinajstić information content (AvgIpc) is 2.26. The van der Waals surface area contributed by atoms with Crippen LogP contribution in [0.15, 0.2) is 29.4 Å². The molecule has 0 saturated heterocycles. The maximum Gasteiger partial charge on any atom is 0.217 e. The first-order valence-corrected chi connectivity index (χ1v) is 4.87. The van der Waals surface area contributed by atoms with Crippen molar-refractivity contribution in [2.45, 2.75) is 19.0 Å². The zero-order valence-electron chi connectivity index (χ0n) is 8.24. The van der Waals surface area contributed by atoms with Crippen LogP contribution in [0.5, 0.6) is 0 Å². The van der Waals surface area contributed by atoms with Crippen LogP contribution in [-0.2, 0) is 11.3 Å². The fraction of sp³-hybridized carbons (Fsp3) is 0.300. The van der Waals surface area contributed by atoms with Crippen molar-refractivity contribution in [3.8, 4) is 0 Å². The van der Waals surface area contributed by atoms with Gasteiger partial charge in [0.2, 0.25) is 5.91 Å². The van der Waals surface area contributed by atoms with E-state index in [2.05, 4.69) is 10.5 Å². The van der Waals surface area contributed by atoms with Crippen molar-refractivity contribution in [2.24, 2.45) is 5.18 Å². The van der Waals surface area contributed by atoms with Crippen LogP contribution in [0.1, 0.15) is 23.6 Å². The SMILES string of the molecule is CC(=O)NCc1ccc(C(Cl)N=O)cc1. The Morgan fingerprint density at radius 1 is 1.47 bits per heavy atom. The Kier molecular flexibility index (Phi) is 4.24. The summed E-state index contributed by atoms with van der Waals surface area (Å²) in [7, 11) is 0. The summed E-state index contributed by atoms with van der Waals surface area (Å²) in [5, 5.41) is 5.38. The average molecular weight is 227 g/mol. The Morgan fingerprint density at radius 3 is 2.53 bits per heavy atom. The van der Waals surface area contributed by atoms with Crippen molar-refractivity contribution in [1.29, 1.82) is 0 Å². The third-order valence-corrected chi connectivity index (χ3v) is 2.22. The lowest BCUT2D eigenvalue weighted by Gasteiger charge is -2.04. The summed E-state index contributed by atoms with van der Waals surface area (Å²) >= 11 is 5.62. The molecule has 80 valence electrons. The van der Waals surface area contributed by atoms with Crippen molar-refractivity contribution in [3.63, 3.8) is 0 Å². The molecule has 0 aromatic heterocycles. The third kappa shape index (κ3) is 3.67. The van der Waals surface area contributed by atoms with Gasteiger partial charge >= 0.3 is 0 Å². The Morgan fingerprint density at radius 2 is 2.07 bits per heavy atom. The minimum Gasteiger partial charge on any atom is -0.352 e. The number of halogens is 1. The second-order valence-electron chi connectivity index (χ2n) is 3.09. The van der Waals surface area contributed by atoms with Gasteiger partial charge in [-0.2, -0.15) is 0 Å². The predicted molar refractivity (Wildman–Crippen MR) is 58.4 cm³/mol. The van der Waals surface area contributed by atoms with Crippen molar-refractivity contribution in [3.05, 3.63) is 40.3 Å². The Hall–Kier alpha value is -1.42. The summed E-state index contributed by atoms with van der Waals surface area (Å²) in [6.45, 7) is 1.93. The first-order valence-electron chi connectivity index (χ1n) is 4.43. The van der Waals surface area contributed by atoms with E-state index in [1.165, 1.54) is 6.92 Å². The van der Waals surface area contributed by atoms with Crippen molar-refractivity contribution in [1.82, 2.24) is 5.32 Å². The van der Waals surface area contributed by atoms with E-state index in [0.29, 0.717) is 12.1 Å². The van der Waals surface area contributed by atoms with Gasteiger partial charge in [0.15, 0.2) is 5.50 Å². The molecule has 0 fully saturated rings. The lowest BCUT2D eigenvalue weighted by Crippen LogP contribution is -2.18.